The highest BCUT2D eigenvalue weighted by Gasteiger charge is 2.26. The third kappa shape index (κ3) is 44.4. The molecule has 2 unspecified atom stereocenters. The Morgan fingerprint density at radius 3 is 1.07 bits per heavy atom. The lowest BCUT2D eigenvalue weighted by Gasteiger charge is -2.19. The lowest BCUT2D eigenvalue weighted by Crippen LogP contribution is -2.29. The molecular weight excluding hydrogens is 737 g/mol. The van der Waals surface area contributed by atoms with E-state index in [-0.39, 0.29) is 38.6 Å². The van der Waals surface area contributed by atoms with Gasteiger partial charge in [0.15, 0.2) is 6.10 Å². The fraction of sp³-hybridized carbons (Fsp3) is 0.957. The molecule has 0 aliphatic rings. The molecule has 0 rings (SSSR count). The summed E-state index contributed by atoms with van der Waals surface area (Å²) in [5.74, 6) is -0.808. The third-order valence-electron chi connectivity index (χ3n) is 11.0. The van der Waals surface area contributed by atoms with Crippen molar-refractivity contribution in [3.63, 3.8) is 0 Å². The molecule has 340 valence electrons. The van der Waals surface area contributed by atoms with E-state index in [2.05, 4.69) is 13.8 Å². The Balaban J connectivity index is 3.99. The molecule has 2 atom stereocenters. The van der Waals surface area contributed by atoms with Gasteiger partial charge in [-0.3, -0.25) is 18.6 Å². The Morgan fingerprint density at radius 1 is 0.456 bits per heavy atom. The molecule has 0 aromatic rings. The van der Waals surface area contributed by atoms with Crippen LogP contribution in [0.2, 0.25) is 0 Å². The summed E-state index contributed by atoms with van der Waals surface area (Å²) in [4.78, 5) is 35.0. The molecule has 0 spiro atoms. The first-order valence-corrected chi connectivity index (χ1v) is 26.0. The lowest BCUT2D eigenvalue weighted by molar-refractivity contribution is -0.161. The van der Waals surface area contributed by atoms with Gasteiger partial charge in [-0.25, -0.2) is 4.57 Å². The van der Waals surface area contributed by atoms with Crippen LogP contribution in [0.4, 0.5) is 0 Å². The van der Waals surface area contributed by atoms with Crippen LogP contribution in [0, 0.1) is 0 Å². The number of phosphoric acid groups is 1. The van der Waals surface area contributed by atoms with Crippen molar-refractivity contribution in [1.29, 1.82) is 0 Å². The predicted octanol–water partition coefficient (Wildman–Crippen LogP) is 14.4. The molecule has 0 fully saturated rings. The van der Waals surface area contributed by atoms with Crippen molar-refractivity contribution in [2.24, 2.45) is 5.73 Å². The number of carbonyl (C=O) groups excluding carboxylic acids is 2. The normalized spacial score (nSPS) is 13.1. The largest absolute Gasteiger partial charge is 0.472 e. The smallest absolute Gasteiger partial charge is 0.462 e. The van der Waals surface area contributed by atoms with Gasteiger partial charge in [0.2, 0.25) is 0 Å². The van der Waals surface area contributed by atoms with Crippen LogP contribution in [-0.4, -0.2) is 49.3 Å². The van der Waals surface area contributed by atoms with E-state index in [1.165, 1.54) is 193 Å². The van der Waals surface area contributed by atoms with Crippen molar-refractivity contribution < 1.29 is 37.6 Å². The minimum absolute atomic E-state index is 0.0583. The van der Waals surface area contributed by atoms with E-state index in [9.17, 15) is 19.0 Å². The lowest BCUT2D eigenvalue weighted by atomic mass is 10.0. The topological polar surface area (TPSA) is 134 Å². The minimum Gasteiger partial charge on any atom is -0.462 e. The third-order valence-corrected chi connectivity index (χ3v) is 12.0. The highest BCUT2D eigenvalue weighted by molar-refractivity contribution is 7.47. The number of phosphoric ester groups is 1. The standard InChI is InChI=1S/C47H94NO8P/c1-3-5-7-9-11-13-15-17-19-20-21-22-23-24-26-27-29-31-33-35-37-39-46(49)53-43-45(44-55-57(51,52)54-42-41-48)56-47(50)40-38-36-34-32-30-28-25-18-16-14-12-10-8-6-4-2/h45H,3-44,48H2,1-2H3,(H,51,52). The van der Waals surface area contributed by atoms with Crippen LogP contribution in [-0.2, 0) is 32.7 Å². The Bertz CT molecular complexity index is 907. The molecule has 0 amide bonds. The Labute approximate surface area is 352 Å². The summed E-state index contributed by atoms with van der Waals surface area (Å²) in [7, 11) is -4.37. The van der Waals surface area contributed by atoms with E-state index in [4.69, 9.17) is 24.3 Å². The maximum atomic E-state index is 12.6. The number of rotatable bonds is 47. The first kappa shape index (κ1) is 56.0. The molecule has 0 saturated heterocycles. The maximum absolute atomic E-state index is 12.6. The summed E-state index contributed by atoms with van der Waals surface area (Å²) >= 11 is 0. The fourth-order valence-corrected chi connectivity index (χ4v) is 8.11. The average Bonchev–Trinajstić information content (AvgIpc) is 3.20. The summed E-state index contributed by atoms with van der Waals surface area (Å²) in [5, 5.41) is 0. The second-order valence-corrected chi connectivity index (χ2v) is 18.2. The summed E-state index contributed by atoms with van der Waals surface area (Å²) < 4.78 is 32.9. The van der Waals surface area contributed by atoms with Crippen molar-refractivity contribution in [3.8, 4) is 0 Å². The number of esters is 2. The second kappa shape index (κ2) is 44.6. The molecule has 0 aromatic carbocycles. The van der Waals surface area contributed by atoms with Crippen LogP contribution in [0.15, 0.2) is 0 Å². The zero-order valence-electron chi connectivity index (χ0n) is 37.6. The number of ether oxygens (including phenoxy) is 2. The number of hydrogen-bond donors (Lipinski definition) is 2. The first-order chi connectivity index (χ1) is 27.8. The number of hydrogen-bond acceptors (Lipinski definition) is 8. The highest BCUT2D eigenvalue weighted by atomic mass is 31.2. The molecule has 0 heterocycles. The Kier molecular flexibility index (Phi) is 43.8. The molecule has 0 radical (unpaired) electrons. The van der Waals surface area contributed by atoms with E-state index in [0.717, 1.165) is 32.1 Å². The molecule has 3 N–H and O–H groups in total. The van der Waals surface area contributed by atoms with Gasteiger partial charge in [-0.05, 0) is 12.8 Å². The molecule has 0 aromatic heterocycles. The van der Waals surface area contributed by atoms with E-state index >= 15 is 0 Å². The summed E-state index contributed by atoms with van der Waals surface area (Å²) in [6.07, 6.45) is 45.7. The summed E-state index contributed by atoms with van der Waals surface area (Å²) in [5.41, 5.74) is 5.36. The number of nitrogens with two attached hydrogens (primary N) is 1. The molecule has 0 aliphatic heterocycles. The van der Waals surface area contributed by atoms with Gasteiger partial charge >= 0.3 is 19.8 Å². The van der Waals surface area contributed by atoms with Crippen LogP contribution in [0.5, 0.6) is 0 Å². The van der Waals surface area contributed by atoms with Crippen molar-refractivity contribution in [3.05, 3.63) is 0 Å². The maximum Gasteiger partial charge on any atom is 0.472 e. The van der Waals surface area contributed by atoms with Crippen molar-refractivity contribution in [2.75, 3.05) is 26.4 Å². The van der Waals surface area contributed by atoms with Crippen molar-refractivity contribution in [2.45, 2.75) is 264 Å². The molecule has 9 nitrogen and oxygen atoms in total. The number of carbonyl (C=O) groups is 2. The van der Waals surface area contributed by atoms with Gasteiger partial charge < -0.3 is 20.1 Å². The highest BCUT2D eigenvalue weighted by Crippen LogP contribution is 2.43. The number of unbranched alkanes of at least 4 members (excludes halogenated alkanes) is 34. The van der Waals surface area contributed by atoms with Crippen molar-refractivity contribution >= 4 is 19.8 Å². The molecule has 0 saturated carbocycles. The van der Waals surface area contributed by atoms with Crippen LogP contribution < -0.4 is 5.73 Å². The van der Waals surface area contributed by atoms with Gasteiger partial charge in [0.25, 0.3) is 0 Å². The predicted molar refractivity (Wildman–Crippen MR) is 238 cm³/mol. The van der Waals surface area contributed by atoms with E-state index < -0.39 is 26.5 Å². The quantitative estimate of drug-likeness (QED) is 0.0349. The van der Waals surface area contributed by atoms with Gasteiger partial charge in [-0.15, -0.1) is 0 Å². The minimum atomic E-state index is -4.37. The zero-order valence-corrected chi connectivity index (χ0v) is 38.5. The van der Waals surface area contributed by atoms with Gasteiger partial charge in [-0.1, -0.05) is 232 Å². The van der Waals surface area contributed by atoms with Crippen LogP contribution in [0.25, 0.3) is 0 Å². The van der Waals surface area contributed by atoms with E-state index in [1.807, 2.05) is 0 Å². The van der Waals surface area contributed by atoms with Crippen LogP contribution in [0.1, 0.15) is 258 Å². The van der Waals surface area contributed by atoms with Gasteiger partial charge in [0.05, 0.1) is 13.2 Å². The zero-order chi connectivity index (χ0) is 41.8. The Hall–Kier alpha value is -0.990. The van der Waals surface area contributed by atoms with E-state index in [0.29, 0.717) is 6.42 Å². The van der Waals surface area contributed by atoms with Gasteiger partial charge in [0.1, 0.15) is 6.61 Å². The summed E-state index contributed by atoms with van der Waals surface area (Å²) in [6.45, 7) is 3.79. The van der Waals surface area contributed by atoms with Crippen LogP contribution in [0.3, 0.4) is 0 Å². The Morgan fingerprint density at radius 2 is 0.754 bits per heavy atom. The first-order valence-electron chi connectivity index (χ1n) is 24.5. The van der Waals surface area contributed by atoms with Gasteiger partial charge in [-0.2, -0.15) is 0 Å². The monoisotopic (exact) mass is 832 g/mol. The van der Waals surface area contributed by atoms with Crippen molar-refractivity contribution in [1.82, 2.24) is 0 Å². The second-order valence-electron chi connectivity index (χ2n) is 16.7. The van der Waals surface area contributed by atoms with Crippen LogP contribution >= 0.6 is 7.82 Å². The molecule has 0 bridgehead atoms. The SMILES string of the molecule is CCCCCCCCCCCCCCCCCCCCCCCC(=O)OCC(COP(=O)(O)OCCN)OC(=O)CCCCCCCCCCCCCCCCC. The molecular formula is C47H94NO8P. The average molecular weight is 832 g/mol. The molecule has 57 heavy (non-hydrogen) atoms. The molecule has 10 heteroatoms. The summed E-state index contributed by atoms with van der Waals surface area (Å²) in [6, 6.07) is 0. The molecule has 0 aliphatic carbocycles. The van der Waals surface area contributed by atoms with Gasteiger partial charge in [0, 0.05) is 19.4 Å². The fourth-order valence-electron chi connectivity index (χ4n) is 7.34. The van der Waals surface area contributed by atoms with E-state index in [1.54, 1.807) is 0 Å².